The average Bonchev–Trinajstić information content (AvgIpc) is 3.43. The van der Waals surface area contributed by atoms with Crippen molar-refractivity contribution in [3.63, 3.8) is 0 Å². The molecule has 1 aliphatic rings. The molecule has 15 heteroatoms. The summed E-state index contributed by atoms with van der Waals surface area (Å²) in [6.07, 6.45) is -1.57. The van der Waals surface area contributed by atoms with Crippen LogP contribution in [0, 0.1) is 12.7 Å². The maximum atomic E-state index is 15.4. The summed E-state index contributed by atoms with van der Waals surface area (Å²) in [5.74, 6) is -3.59. The van der Waals surface area contributed by atoms with Gasteiger partial charge in [-0.3, -0.25) is 5.32 Å². The molecule has 1 aliphatic carbocycles. The molecule has 0 aliphatic heterocycles. The van der Waals surface area contributed by atoms with Crippen molar-refractivity contribution in [2.45, 2.75) is 70.2 Å². The number of pyridine rings is 1. The van der Waals surface area contributed by atoms with Crippen molar-refractivity contribution in [2.75, 3.05) is 19.0 Å². The van der Waals surface area contributed by atoms with Crippen molar-refractivity contribution in [1.29, 1.82) is 0 Å². The number of thiazole rings is 1. The zero-order valence-electron chi connectivity index (χ0n) is 27.1. The normalized spacial score (nSPS) is 17.6. The molecule has 2 atom stereocenters. The first-order valence-electron chi connectivity index (χ1n) is 15.5. The van der Waals surface area contributed by atoms with Crippen LogP contribution in [0.3, 0.4) is 0 Å². The lowest BCUT2D eigenvalue weighted by molar-refractivity contribution is -0.114. The van der Waals surface area contributed by atoms with Gasteiger partial charge in [0.25, 0.3) is 5.92 Å². The fraction of sp³-hybridized carbons (Fsp3) is 0.382. The molecule has 1 saturated carbocycles. The molecule has 258 valence electrons. The summed E-state index contributed by atoms with van der Waals surface area (Å²) < 4.78 is 67.3. The number of alkyl halides is 2. The van der Waals surface area contributed by atoms with E-state index < -0.39 is 48.5 Å². The summed E-state index contributed by atoms with van der Waals surface area (Å²) in [5.41, 5.74) is 2.53. The van der Waals surface area contributed by atoms with Crippen LogP contribution in [0.1, 0.15) is 45.1 Å². The van der Waals surface area contributed by atoms with Gasteiger partial charge in [0.15, 0.2) is 11.6 Å². The Balaban J connectivity index is 1.19. The fourth-order valence-electron chi connectivity index (χ4n) is 5.38. The lowest BCUT2D eigenvalue weighted by atomic mass is 9.91. The van der Waals surface area contributed by atoms with Gasteiger partial charge in [0.05, 0.1) is 58.9 Å². The highest BCUT2D eigenvalue weighted by Crippen LogP contribution is 2.40. The number of aromatic nitrogens is 4. The molecule has 49 heavy (non-hydrogen) atoms. The molecule has 1 fully saturated rings. The van der Waals surface area contributed by atoms with Gasteiger partial charge in [-0.05, 0) is 51.0 Å². The number of rotatable bonds is 10. The molecule has 2 aromatic carbocycles. The van der Waals surface area contributed by atoms with Crippen molar-refractivity contribution in [2.24, 2.45) is 0 Å². The Morgan fingerprint density at radius 1 is 1.10 bits per heavy atom. The molecule has 3 heterocycles. The Morgan fingerprint density at radius 2 is 1.92 bits per heavy atom. The highest BCUT2D eigenvalue weighted by molar-refractivity contribution is 7.21. The van der Waals surface area contributed by atoms with Gasteiger partial charge in [0.1, 0.15) is 17.2 Å². The topological polar surface area (TPSA) is 138 Å². The average molecular weight is 698 g/mol. The van der Waals surface area contributed by atoms with Crippen molar-refractivity contribution >= 4 is 44.4 Å². The zero-order chi connectivity index (χ0) is 34.9. The number of nitrogens with one attached hydrogen (secondary N) is 1. The molecule has 1 amide bonds. The van der Waals surface area contributed by atoms with Crippen molar-refractivity contribution < 1.29 is 42.0 Å². The summed E-state index contributed by atoms with van der Waals surface area (Å²) in [6, 6.07) is 9.35. The number of carbonyl (C=O) groups excluding carboxylic acids is 1. The van der Waals surface area contributed by atoms with E-state index in [0.717, 1.165) is 5.56 Å². The molecule has 0 saturated heterocycles. The number of amides is 1. The van der Waals surface area contributed by atoms with Crippen molar-refractivity contribution in [3.8, 4) is 28.1 Å². The Hall–Kier alpha value is -4.76. The zero-order valence-corrected chi connectivity index (χ0v) is 27.9. The van der Waals surface area contributed by atoms with E-state index >= 15 is 4.39 Å². The van der Waals surface area contributed by atoms with E-state index in [0.29, 0.717) is 49.8 Å². The quantitative estimate of drug-likeness (QED) is 0.151. The summed E-state index contributed by atoms with van der Waals surface area (Å²) in [5, 5.41) is 13.0. The molecule has 3 aromatic heterocycles. The molecular formula is C34H34F3N5O6S. The number of hydrogen-bond acceptors (Lipinski definition) is 11. The smallest absolute Gasteiger partial charge is 0.412 e. The van der Waals surface area contributed by atoms with E-state index in [4.69, 9.17) is 18.9 Å². The van der Waals surface area contributed by atoms with Gasteiger partial charge in [-0.2, -0.15) is 0 Å². The number of aryl methyl sites for hydroxylation is 1. The highest BCUT2D eigenvalue weighted by Gasteiger charge is 2.45. The standard InChI is InChI=1S/C34H34F3N5O6S/c1-18-11-20(30-23(12-18)41-29(45-4)17-39-30)31-42-22-14-21(35)25(15-27(22)49-31)47-26-16-34(36,37)7-5-24(26)48-32(43)40-19-6-9-38-28(13-19)46-10-8-33(2,3)44/h6,9,11-15,17,24,26,44H,5,7-8,10,16H2,1-4H3,(H,38,40,43)/t24-,26+/m1/s1. The van der Waals surface area contributed by atoms with Gasteiger partial charge in [-0.25, -0.2) is 37.9 Å². The summed E-state index contributed by atoms with van der Waals surface area (Å²) in [6.45, 7) is 5.41. The number of halogens is 3. The fourth-order valence-corrected chi connectivity index (χ4v) is 6.38. The van der Waals surface area contributed by atoms with Gasteiger partial charge < -0.3 is 24.1 Å². The number of anilines is 1. The monoisotopic (exact) mass is 697 g/mol. The molecule has 2 N–H and O–H groups in total. The number of nitrogens with zero attached hydrogens (tertiary/aromatic N) is 4. The van der Waals surface area contributed by atoms with Gasteiger partial charge >= 0.3 is 6.09 Å². The van der Waals surface area contributed by atoms with Crippen molar-refractivity contribution in [3.05, 3.63) is 60.2 Å². The maximum Gasteiger partial charge on any atom is 0.412 e. The molecule has 5 aromatic rings. The van der Waals surface area contributed by atoms with Crippen LogP contribution >= 0.6 is 11.3 Å². The van der Waals surface area contributed by atoms with Crippen LogP contribution in [0.5, 0.6) is 17.5 Å². The van der Waals surface area contributed by atoms with Gasteiger partial charge in [-0.15, -0.1) is 11.3 Å². The largest absolute Gasteiger partial charge is 0.483 e. The number of hydrogen-bond donors (Lipinski definition) is 2. The van der Waals surface area contributed by atoms with E-state index in [1.807, 2.05) is 19.1 Å². The van der Waals surface area contributed by atoms with Crippen LogP contribution in [0.15, 0.2) is 48.8 Å². The Morgan fingerprint density at radius 3 is 2.69 bits per heavy atom. The minimum atomic E-state index is -3.10. The van der Waals surface area contributed by atoms with Gasteiger partial charge in [0, 0.05) is 42.8 Å². The maximum absolute atomic E-state index is 15.4. The Labute approximate surface area is 283 Å². The number of methoxy groups -OCH3 is 1. The first-order valence-corrected chi connectivity index (χ1v) is 16.3. The molecule has 0 radical (unpaired) electrons. The van der Waals surface area contributed by atoms with Gasteiger partial charge in [-0.1, -0.05) is 0 Å². The third-order valence-corrected chi connectivity index (χ3v) is 8.89. The summed E-state index contributed by atoms with van der Waals surface area (Å²) in [4.78, 5) is 30.5. The second-order valence-electron chi connectivity index (χ2n) is 12.5. The van der Waals surface area contributed by atoms with E-state index in [-0.39, 0.29) is 24.7 Å². The second-order valence-corrected chi connectivity index (χ2v) is 13.5. The van der Waals surface area contributed by atoms with Gasteiger partial charge in [0.2, 0.25) is 11.8 Å². The number of ether oxygens (including phenoxy) is 4. The molecular weight excluding hydrogens is 663 g/mol. The first kappa shape index (κ1) is 34.1. The van der Waals surface area contributed by atoms with E-state index in [1.165, 1.54) is 55.1 Å². The highest BCUT2D eigenvalue weighted by atomic mass is 32.1. The third kappa shape index (κ3) is 8.28. The van der Waals surface area contributed by atoms with Crippen LogP contribution in [0.25, 0.3) is 31.8 Å². The van der Waals surface area contributed by atoms with E-state index in [9.17, 15) is 18.7 Å². The first-order chi connectivity index (χ1) is 23.2. The molecule has 11 nitrogen and oxygen atoms in total. The Bertz CT molecular complexity index is 2000. The molecule has 6 rings (SSSR count). The van der Waals surface area contributed by atoms with E-state index in [2.05, 4.69) is 25.3 Å². The third-order valence-electron chi connectivity index (χ3n) is 7.84. The number of benzene rings is 2. The predicted octanol–water partition coefficient (Wildman–Crippen LogP) is 7.48. The number of aliphatic hydroxyl groups is 1. The summed E-state index contributed by atoms with van der Waals surface area (Å²) >= 11 is 1.26. The SMILES string of the molecule is COc1cnc2c(-c3nc4cc(F)c(O[C@H]5CC(F)(F)CC[C@H]5OC(=O)Nc5ccnc(OCCC(C)(C)O)c5)cc4s3)cc(C)cc2n1. The molecule has 0 bridgehead atoms. The van der Waals surface area contributed by atoms with E-state index in [1.54, 1.807) is 13.8 Å². The number of carbonyl (C=O) groups is 1. The van der Waals surface area contributed by atoms with Crippen molar-refractivity contribution in [1.82, 2.24) is 19.9 Å². The summed E-state index contributed by atoms with van der Waals surface area (Å²) in [7, 11) is 1.50. The van der Waals surface area contributed by atoms with Crippen LogP contribution in [0.4, 0.5) is 23.7 Å². The predicted molar refractivity (Wildman–Crippen MR) is 177 cm³/mol. The van der Waals surface area contributed by atoms with Crippen LogP contribution < -0.4 is 19.5 Å². The van der Waals surface area contributed by atoms with Crippen LogP contribution in [-0.4, -0.2) is 68.6 Å². The number of fused-ring (bicyclic) bond motifs is 2. The molecule has 0 spiro atoms. The van der Waals surface area contributed by atoms with Crippen LogP contribution in [0.2, 0.25) is 0 Å². The second kappa shape index (κ2) is 13.6. The Kier molecular flexibility index (Phi) is 9.49. The minimum Gasteiger partial charge on any atom is -0.483 e. The molecule has 0 unspecified atom stereocenters. The lowest BCUT2D eigenvalue weighted by Crippen LogP contribution is -2.45. The minimum absolute atomic E-state index is 0.193. The van der Waals surface area contributed by atoms with Crippen LogP contribution in [-0.2, 0) is 4.74 Å². The lowest BCUT2D eigenvalue weighted by Gasteiger charge is -2.35.